The van der Waals surface area contributed by atoms with Gasteiger partial charge in [0.1, 0.15) is 16.6 Å². The highest BCUT2D eigenvalue weighted by atomic mass is 35.5. The summed E-state index contributed by atoms with van der Waals surface area (Å²) in [5, 5.41) is 0.743. The third kappa shape index (κ3) is 3.22. The lowest BCUT2D eigenvalue weighted by Gasteiger charge is -2.05. The van der Waals surface area contributed by atoms with Crippen LogP contribution in [-0.4, -0.2) is 11.0 Å². The molecule has 0 N–H and O–H groups in total. The second-order valence-corrected chi connectivity index (χ2v) is 5.63. The fraction of sp³-hybridized carbons (Fsp3) is 0.167. The minimum Gasteiger partial charge on any atom is -0.455 e. The van der Waals surface area contributed by atoms with E-state index in [1.807, 2.05) is 13.0 Å². The van der Waals surface area contributed by atoms with E-state index in [0.717, 1.165) is 4.88 Å². The van der Waals surface area contributed by atoms with Gasteiger partial charge in [-0.2, -0.15) is 0 Å². The molecular formula is C12H9Cl2NO2S. The van der Waals surface area contributed by atoms with Crippen molar-refractivity contribution in [3.8, 4) is 0 Å². The SMILES string of the molecule is Cc1ccc(C(=O)OCc2nc(Cl)ccc2Cl)s1. The summed E-state index contributed by atoms with van der Waals surface area (Å²) in [7, 11) is 0. The summed E-state index contributed by atoms with van der Waals surface area (Å²) < 4.78 is 5.13. The summed E-state index contributed by atoms with van der Waals surface area (Å²) in [5.74, 6) is -0.383. The number of thiophene rings is 1. The zero-order valence-electron chi connectivity index (χ0n) is 9.44. The molecule has 2 heterocycles. The van der Waals surface area contributed by atoms with Crippen LogP contribution in [0.4, 0.5) is 0 Å². The van der Waals surface area contributed by atoms with Gasteiger partial charge in [-0.15, -0.1) is 11.3 Å². The van der Waals surface area contributed by atoms with E-state index in [0.29, 0.717) is 20.7 Å². The molecule has 0 spiro atoms. The van der Waals surface area contributed by atoms with Crippen molar-refractivity contribution < 1.29 is 9.53 Å². The van der Waals surface area contributed by atoms with Crippen LogP contribution < -0.4 is 0 Å². The Morgan fingerprint density at radius 1 is 1.33 bits per heavy atom. The molecule has 2 aromatic heterocycles. The highest BCUT2D eigenvalue weighted by Crippen LogP contribution is 2.20. The van der Waals surface area contributed by atoms with E-state index in [1.54, 1.807) is 18.2 Å². The zero-order valence-corrected chi connectivity index (χ0v) is 11.8. The van der Waals surface area contributed by atoms with E-state index in [9.17, 15) is 4.79 Å². The number of rotatable bonds is 3. The Morgan fingerprint density at radius 3 is 2.78 bits per heavy atom. The molecule has 2 rings (SSSR count). The van der Waals surface area contributed by atoms with E-state index in [-0.39, 0.29) is 12.6 Å². The van der Waals surface area contributed by atoms with Gasteiger partial charge in [0.05, 0.1) is 10.7 Å². The molecule has 18 heavy (non-hydrogen) atoms. The summed E-state index contributed by atoms with van der Waals surface area (Å²) in [5.41, 5.74) is 0.450. The Balaban J connectivity index is 2.03. The van der Waals surface area contributed by atoms with Crippen LogP contribution in [-0.2, 0) is 11.3 Å². The number of aromatic nitrogens is 1. The van der Waals surface area contributed by atoms with Gasteiger partial charge in [-0.3, -0.25) is 0 Å². The van der Waals surface area contributed by atoms with E-state index < -0.39 is 0 Å². The highest BCUT2D eigenvalue weighted by Gasteiger charge is 2.11. The zero-order chi connectivity index (χ0) is 13.1. The van der Waals surface area contributed by atoms with Crippen molar-refractivity contribution in [3.05, 3.63) is 49.9 Å². The fourth-order valence-electron chi connectivity index (χ4n) is 1.31. The summed E-state index contributed by atoms with van der Waals surface area (Å²) in [6.45, 7) is 1.94. The molecule has 0 aliphatic carbocycles. The molecule has 0 unspecified atom stereocenters. The minimum absolute atomic E-state index is 0.00910. The van der Waals surface area contributed by atoms with Gasteiger partial charge < -0.3 is 4.74 Å². The first-order valence-electron chi connectivity index (χ1n) is 5.11. The van der Waals surface area contributed by atoms with Crippen molar-refractivity contribution in [1.29, 1.82) is 0 Å². The minimum atomic E-state index is -0.383. The second-order valence-electron chi connectivity index (χ2n) is 3.55. The van der Waals surface area contributed by atoms with Gasteiger partial charge in [0.25, 0.3) is 0 Å². The van der Waals surface area contributed by atoms with Crippen LogP contribution in [0, 0.1) is 6.92 Å². The van der Waals surface area contributed by atoms with E-state index >= 15 is 0 Å². The number of esters is 1. The molecule has 0 aliphatic rings. The maximum atomic E-state index is 11.7. The van der Waals surface area contributed by atoms with Crippen LogP contribution in [0.1, 0.15) is 20.2 Å². The van der Waals surface area contributed by atoms with Gasteiger partial charge in [-0.1, -0.05) is 23.2 Å². The Morgan fingerprint density at radius 2 is 2.11 bits per heavy atom. The molecule has 0 saturated heterocycles. The van der Waals surface area contributed by atoms with Gasteiger partial charge in [-0.25, -0.2) is 9.78 Å². The average molecular weight is 302 g/mol. The third-order valence-corrected chi connectivity index (χ3v) is 3.70. The number of nitrogens with zero attached hydrogens (tertiary/aromatic N) is 1. The smallest absolute Gasteiger partial charge is 0.348 e. The Labute approximate surface area is 118 Å². The number of aryl methyl sites for hydroxylation is 1. The molecular weight excluding hydrogens is 293 g/mol. The van der Waals surface area contributed by atoms with Crippen LogP contribution in [0.15, 0.2) is 24.3 Å². The molecule has 0 bridgehead atoms. The average Bonchev–Trinajstić information content (AvgIpc) is 2.77. The van der Waals surface area contributed by atoms with Crippen molar-refractivity contribution in [2.24, 2.45) is 0 Å². The lowest BCUT2D eigenvalue weighted by atomic mass is 10.3. The molecule has 2 aromatic rings. The number of pyridine rings is 1. The first-order valence-corrected chi connectivity index (χ1v) is 6.68. The Kier molecular flexibility index (Phi) is 4.22. The summed E-state index contributed by atoms with van der Waals surface area (Å²) in [6, 6.07) is 6.80. The van der Waals surface area contributed by atoms with Crippen molar-refractivity contribution >= 4 is 40.5 Å². The number of ether oxygens (including phenoxy) is 1. The van der Waals surface area contributed by atoms with E-state index in [4.69, 9.17) is 27.9 Å². The van der Waals surface area contributed by atoms with Crippen molar-refractivity contribution in [2.75, 3.05) is 0 Å². The van der Waals surface area contributed by atoms with Gasteiger partial charge in [0.2, 0.25) is 0 Å². The van der Waals surface area contributed by atoms with Crippen molar-refractivity contribution in [2.45, 2.75) is 13.5 Å². The van der Waals surface area contributed by atoms with Gasteiger partial charge in [0.15, 0.2) is 0 Å². The molecule has 0 fully saturated rings. The van der Waals surface area contributed by atoms with Crippen LogP contribution in [0.2, 0.25) is 10.2 Å². The molecule has 6 heteroatoms. The maximum Gasteiger partial charge on any atom is 0.348 e. The standard InChI is InChI=1S/C12H9Cl2NO2S/c1-7-2-4-10(18-7)12(16)17-6-9-8(13)3-5-11(14)15-9/h2-5H,6H2,1H3. The molecule has 0 atom stereocenters. The first kappa shape index (κ1) is 13.3. The predicted molar refractivity (Wildman–Crippen MR) is 72.4 cm³/mol. The van der Waals surface area contributed by atoms with Crippen LogP contribution in [0.5, 0.6) is 0 Å². The lowest BCUT2D eigenvalue weighted by molar-refractivity contribution is 0.0474. The van der Waals surface area contributed by atoms with Gasteiger partial charge in [0, 0.05) is 4.88 Å². The van der Waals surface area contributed by atoms with Gasteiger partial charge >= 0.3 is 5.97 Å². The van der Waals surface area contributed by atoms with Crippen molar-refractivity contribution in [3.63, 3.8) is 0 Å². The summed E-state index contributed by atoms with van der Waals surface area (Å²) in [4.78, 5) is 17.3. The van der Waals surface area contributed by atoms with Crippen LogP contribution in [0.3, 0.4) is 0 Å². The van der Waals surface area contributed by atoms with Crippen molar-refractivity contribution in [1.82, 2.24) is 4.98 Å². The van der Waals surface area contributed by atoms with E-state index in [1.165, 1.54) is 11.3 Å². The molecule has 3 nitrogen and oxygen atoms in total. The molecule has 0 radical (unpaired) electrons. The number of carbonyl (C=O) groups is 1. The molecule has 0 amide bonds. The van der Waals surface area contributed by atoms with Crippen LogP contribution in [0.25, 0.3) is 0 Å². The molecule has 94 valence electrons. The summed E-state index contributed by atoms with van der Waals surface area (Å²) >= 11 is 13.0. The summed E-state index contributed by atoms with van der Waals surface area (Å²) in [6.07, 6.45) is 0. The fourth-order valence-corrected chi connectivity index (χ4v) is 2.39. The first-order chi connectivity index (χ1) is 8.56. The number of hydrogen-bond acceptors (Lipinski definition) is 4. The molecule has 0 aromatic carbocycles. The lowest BCUT2D eigenvalue weighted by Crippen LogP contribution is -2.04. The van der Waals surface area contributed by atoms with E-state index in [2.05, 4.69) is 4.98 Å². The second kappa shape index (κ2) is 5.69. The Hall–Kier alpha value is -1.10. The largest absolute Gasteiger partial charge is 0.455 e. The maximum absolute atomic E-state index is 11.7. The molecule has 0 aliphatic heterocycles. The quantitative estimate of drug-likeness (QED) is 0.632. The predicted octanol–water partition coefficient (Wildman–Crippen LogP) is 4.12. The normalized spacial score (nSPS) is 10.4. The Bertz CT molecular complexity index is 583. The van der Waals surface area contributed by atoms with Crippen LogP contribution >= 0.6 is 34.5 Å². The number of hydrogen-bond donors (Lipinski definition) is 0. The molecule has 0 saturated carbocycles. The van der Waals surface area contributed by atoms with Gasteiger partial charge in [-0.05, 0) is 31.2 Å². The topological polar surface area (TPSA) is 39.2 Å². The third-order valence-electron chi connectivity index (χ3n) is 2.17. The number of halogens is 2. The monoisotopic (exact) mass is 301 g/mol. The highest BCUT2D eigenvalue weighted by molar-refractivity contribution is 7.13. The number of carbonyl (C=O) groups excluding carboxylic acids is 1.